The van der Waals surface area contributed by atoms with E-state index in [1.807, 2.05) is 38.4 Å². The Morgan fingerprint density at radius 1 is 1.20 bits per heavy atom. The number of carbonyl (C=O) groups excluding carboxylic acids is 1. The van der Waals surface area contributed by atoms with E-state index in [1.165, 1.54) is 10.9 Å². The summed E-state index contributed by atoms with van der Waals surface area (Å²) in [6.45, 7) is 5.94. The van der Waals surface area contributed by atoms with Crippen molar-refractivity contribution in [3.05, 3.63) is 42.2 Å². The number of carbonyl (C=O) groups is 1. The van der Waals surface area contributed by atoms with Crippen molar-refractivity contribution in [3.8, 4) is 0 Å². The predicted molar refractivity (Wildman–Crippen MR) is 81.3 cm³/mol. The molecule has 20 heavy (non-hydrogen) atoms. The lowest BCUT2D eigenvalue weighted by Gasteiger charge is -2.10. The second kappa shape index (κ2) is 7.01. The van der Waals surface area contributed by atoms with Crippen LogP contribution in [0.1, 0.15) is 19.4 Å². The summed E-state index contributed by atoms with van der Waals surface area (Å²) in [6.07, 6.45) is 3.77. The third-order valence-electron chi connectivity index (χ3n) is 3.19. The van der Waals surface area contributed by atoms with Crippen LogP contribution in [0.2, 0.25) is 0 Å². The fraction of sp³-hybridized carbons (Fsp3) is 0.375. The van der Waals surface area contributed by atoms with Crippen molar-refractivity contribution in [3.63, 3.8) is 0 Å². The minimum absolute atomic E-state index is 0.0391. The molecule has 0 atom stereocenters. The van der Waals surface area contributed by atoms with Gasteiger partial charge in [0.05, 0.1) is 0 Å². The van der Waals surface area contributed by atoms with Gasteiger partial charge < -0.3 is 10.6 Å². The van der Waals surface area contributed by atoms with Crippen molar-refractivity contribution in [2.24, 2.45) is 5.92 Å². The Labute approximate surface area is 119 Å². The molecule has 2 N–H and O–H groups in total. The zero-order valence-electron chi connectivity index (χ0n) is 12.0. The molecule has 0 saturated carbocycles. The highest BCUT2D eigenvalue weighted by molar-refractivity contribution is 5.84. The number of benzene rings is 1. The Hall–Kier alpha value is -1.94. The highest BCUT2D eigenvalue weighted by Gasteiger charge is 2.05. The standard InChI is InChI=1S/C16H21N3O/c1-12(2)16(20)19-8-7-17-10-14-11-18-9-13-5-3-4-6-15(13)14/h3-6,9,11-12,17H,7-8,10H2,1-2H3,(H,19,20). The van der Waals surface area contributed by atoms with Gasteiger partial charge in [-0.15, -0.1) is 0 Å². The molecule has 1 aromatic heterocycles. The van der Waals surface area contributed by atoms with Gasteiger partial charge in [-0.2, -0.15) is 0 Å². The van der Waals surface area contributed by atoms with Gasteiger partial charge in [0, 0.05) is 43.3 Å². The molecule has 4 nitrogen and oxygen atoms in total. The lowest BCUT2D eigenvalue weighted by atomic mass is 10.1. The molecule has 0 aliphatic heterocycles. The number of nitrogens with one attached hydrogen (secondary N) is 2. The summed E-state index contributed by atoms with van der Waals surface area (Å²) >= 11 is 0. The van der Waals surface area contributed by atoms with Crippen LogP contribution in [0, 0.1) is 5.92 Å². The Bertz CT molecular complexity index is 575. The first kappa shape index (κ1) is 14.5. The molecule has 4 heteroatoms. The zero-order valence-corrected chi connectivity index (χ0v) is 12.0. The van der Waals surface area contributed by atoms with Crippen LogP contribution < -0.4 is 10.6 Å². The lowest BCUT2D eigenvalue weighted by Crippen LogP contribution is -2.34. The van der Waals surface area contributed by atoms with Gasteiger partial charge in [0.1, 0.15) is 0 Å². The number of amides is 1. The smallest absolute Gasteiger partial charge is 0.222 e. The van der Waals surface area contributed by atoms with E-state index in [1.54, 1.807) is 0 Å². The molecule has 2 aromatic rings. The van der Waals surface area contributed by atoms with Gasteiger partial charge in [0.25, 0.3) is 0 Å². The molecule has 0 bridgehead atoms. The Morgan fingerprint density at radius 2 is 2.00 bits per heavy atom. The Balaban J connectivity index is 1.83. The largest absolute Gasteiger partial charge is 0.355 e. The van der Waals surface area contributed by atoms with E-state index >= 15 is 0 Å². The molecule has 2 rings (SSSR count). The minimum atomic E-state index is 0.0391. The van der Waals surface area contributed by atoms with Gasteiger partial charge in [-0.05, 0) is 10.9 Å². The van der Waals surface area contributed by atoms with E-state index < -0.39 is 0 Å². The average Bonchev–Trinajstić information content (AvgIpc) is 2.46. The predicted octanol–water partition coefficient (Wildman–Crippen LogP) is 2.10. The second-order valence-corrected chi connectivity index (χ2v) is 5.14. The van der Waals surface area contributed by atoms with E-state index in [0.29, 0.717) is 6.54 Å². The summed E-state index contributed by atoms with van der Waals surface area (Å²) in [4.78, 5) is 15.7. The fourth-order valence-electron chi connectivity index (χ4n) is 2.02. The van der Waals surface area contributed by atoms with E-state index in [0.717, 1.165) is 18.5 Å². The number of hydrogen-bond donors (Lipinski definition) is 2. The highest BCUT2D eigenvalue weighted by atomic mass is 16.1. The number of rotatable bonds is 6. The maximum absolute atomic E-state index is 11.4. The van der Waals surface area contributed by atoms with Crippen molar-refractivity contribution >= 4 is 16.7 Å². The van der Waals surface area contributed by atoms with Crippen LogP contribution in [-0.2, 0) is 11.3 Å². The van der Waals surface area contributed by atoms with Gasteiger partial charge in [0.2, 0.25) is 5.91 Å². The summed E-state index contributed by atoms with van der Waals surface area (Å²) in [5.74, 6) is 0.135. The molecule has 0 aliphatic rings. The summed E-state index contributed by atoms with van der Waals surface area (Å²) < 4.78 is 0. The van der Waals surface area contributed by atoms with Crippen molar-refractivity contribution in [2.45, 2.75) is 20.4 Å². The number of pyridine rings is 1. The molecule has 106 valence electrons. The quantitative estimate of drug-likeness (QED) is 0.791. The molecule has 1 heterocycles. The average molecular weight is 271 g/mol. The van der Waals surface area contributed by atoms with E-state index in [9.17, 15) is 4.79 Å². The lowest BCUT2D eigenvalue weighted by molar-refractivity contribution is -0.123. The van der Waals surface area contributed by atoms with Gasteiger partial charge in [0.15, 0.2) is 0 Å². The minimum Gasteiger partial charge on any atom is -0.355 e. The second-order valence-electron chi connectivity index (χ2n) is 5.14. The molecule has 0 spiro atoms. The van der Waals surface area contributed by atoms with Crippen LogP contribution in [0.4, 0.5) is 0 Å². The van der Waals surface area contributed by atoms with Crippen LogP contribution in [-0.4, -0.2) is 24.0 Å². The number of aromatic nitrogens is 1. The topological polar surface area (TPSA) is 54.0 Å². The first-order valence-electron chi connectivity index (χ1n) is 6.98. The first-order chi connectivity index (χ1) is 9.68. The maximum atomic E-state index is 11.4. The molecule has 0 radical (unpaired) electrons. The van der Waals surface area contributed by atoms with Crippen molar-refractivity contribution in [2.75, 3.05) is 13.1 Å². The van der Waals surface area contributed by atoms with E-state index in [4.69, 9.17) is 0 Å². The Kier molecular flexibility index (Phi) is 5.07. The van der Waals surface area contributed by atoms with Gasteiger partial charge in [-0.3, -0.25) is 9.78 Å². The fourth-order valence-corrected chi connectivity index (χ4v) is 2.02. The number of nitrogens with zero attached hydrogens (tertiary/aromatic N) is 1. The van der Waals surface area contributed by atoms with Crippen LogP contribution >= 0.6 is 0 Å². The third kappa shape index (κ3) is 3.78. The van der Waals surface area contributed by atoms with Crippen LogP contribution in [0.3, 0.4) is 0 Å². The van der Waals surface area contributed by atoms with Gasteiger partial charge in [-0.25, -0.2) is 0 Å². The van der Waals surface area contributed by atoms with Crippen molar-refractivity contribution in [1.29, 1.82) is 0 Å². The third-order valence-corrected chi connectivity index (χ3v) is 3.19. The van der Waals surface area contributed by atoms with Crippen LogP contribution in [0.15, 0.2) is 36.7 Å². The van der Waals surface area contributed by atoms with Gasteiger partial charge >= 0.3 is 0 Å². The zero-order chi connectivity index (χ0) is 14.4. The monoisotopic (exact) mass is 271 g/mol. The summed E-state index contributed by atoms with van der Waals surface area (Å²) in [5, 5.41) is 8.60. The normalized spacial score (nSPS) is 10.9. The van der Waals surface area contributed by atoms with Crippen LogP contribution in [0.5, 0.6) is 0 Å². The maximum Gasteiger partial charge on any atom is 0.222 e. The van der Waals surface area contributed by atoms with Crippen LogP contribution in [0.25, 0.3) is 10.8 Å². The molecule has 0 saturated heterocycles. The molecule has 1 aromatic carbocycles. The van der Waals surface area contributed by atoms with Gasteiger partial charge in [-0.1, -0.05) is 38.1 Å². The molecular formula is C16H21N3O. The molecule has 0 aliphatic carbocycles. The summed E-state index contributed by atoms with van der Waals surface area (Å²) in [5.41, 5.74) is 1.18. The molecule has 0 fully saturated rings. The van der Waals surface area contributed by atoms with Crippen molar-refractivity contribution < 1.29 is 4.79 Å². The van der Waals surface area contributed by atoms with Crippen molar-refractivity contribution in [1.82, 2.24) is 15.6 Å². The molecule has 0 unspecified atom stereocenters. The number of hydrogen-bond acceptors (Lipinski definition) is 3. The van der Waals surface area contributed by atoms with E-state index in [2.05, 4.69) is 27.8 Å². The SMILES string of the molecule is CC(C)C(=O)NCCNCc1cncc2ccccc12. The Morgan fingerprint density at radius 3 is 2.80 bits per heavy atom. The number of fused-ring (bicyclic) bond motifs is 1. The summed E-state index contributed by atoms with van der Waals surface area (Å²) in [6, 6.07) is 8.22. The summed E-state index contributed by atoms with van der Waals surface area (Å²) in [7, 11) is 0. The molecular weight excluding hydrogens is 250 g/mol. The molecule has 1 amide bonds. The highest BCUT2D eigenvalue weighted by Crippen LogP contribution is 2.16. The van der Waals surface area contributed by atoms with E-state index in [-0.39, 0.29) is 11.8 Å². The first-order valence-corrected chi connectivity index (χ1v) is 6.98.